The molecule has 5 heteroatoms. The lowest BCUT2D eigenvalue weighted by molar-refractivity contribution is 0.416. The van der Waals surface area contributed by atoms with Gasteiger partial charge in [-0.2, -0.15) is 0 Å². The summed E-state index contributed by atoms with van der Waals surface area (Å²) in [7, 11) is 1.64. The summed E-state index contributed by atoms with van der Waals surface area (Å²) in [5.41, 5.74) is 4.38. The molecule has 21 heavy (non-hydrogen) atoms. The van der Waals surface area contributed by atoms with Crippen molar-refractivity contribution in [3.8, 4) is 17.1 Å². The third-order valence-electron chi connectivity index (χ3n) is 3.66. The molecule has 1 aromatic heterocycles. The van der Waals surface area contributed by atoms with Gasteiger partial charge < -0.3 is 10.1 Å². The molecule has 0 spiro atoms. The third-order valence-corrected chi connectivity index (χ3v) is 3.90. The predicted octanol–water partition coefficient (Wildman–Crippen LogP) is 3.36. The molecule has 0 unspecified atom stereocenters. The van der Waals surface area contributed by atoms with Gasteiger partial charge in [0.25, 0.3) is 0 Å². The Morgan fingerprint density at radius 1 is 1.29 bits per heavy atom. The molecule has 110 valence electrons. The van der Waals surface area contributed by atoms with E-state index >= 15 is 0 Å². The van der Waals surface area contributed by atoms with E-state index in [1.807, 2.05) is 12.1 Å². The first-order chi connectivity index (χ1) is 10.2. The summed E-state index contributed by atoms with van der Waals surface area (Å²) in [6, 6.07) is 5.56. The molecule has 2 aromatic rings. The number of ether oxygens (including phenoxy) is 1. The molecule has 3 rings (SSSR count). The fourth-order valence-electron chi connectivity index (χ4n) is 2.65. The van der Waals surface area contributed by atoms with Gasteiger partial charge in [0.1, 0.15) is 5.75 Å². The standard InChI is InChI=1S/C16H18ClN3O/c1-3-4-13-12-8-18-9-14(12)20-16(19-13)11-6-5-10(17)7-15(11)21-2/h5-7,18H,3-4,8-9H2,1-2H3. The number of hydrogen-bond acceptors (Lipinski definition) is 4. The number of hydrogen-bond donors (Lipinski definition) is 1. The van der Waals surface area contributed by atoms with Gasteiger partial charge in [-0.25, -0.2) is 9.97 Å². The van der Waals surface area contributed by atoms with Crippen LogP contribution in [0.5, 0.6) is 5.75 Å². The monoisotopic (exact) mass is 303 g/mol. The first kappa shape index (κ1) is 14.3. The van der Waals surface area contributed by atoms with Crippen LogP contribution in [0.1, 0.15) is 30.3 Å². The van der Waals surface area contributed by atoms with Gasteiger partial charge in [-0.05, 0) is 24.6 Å². The third kappa shape index (κ3) is 2.74. The number of nitrogens with zero attached hydrogens (tertiary/aromatic N) is 2. The highest BCUT2D eigenvalue weighted by Gasteiger charge is 2.20. The minimum absolute atomic E-state index is 0.646. The van der Waals surface area contributed by atoms with Gasteiger partial charge >= 0.3 is 0 Å². The highest BCUT2D eigenvalue weighted by atomic mass is 35.5. The van der Waals surface area contributed by atoms with Crippen molar-refractivity contribution in [2.75, 3.05) is 7.11 Å². The second kappa shape index (κ2) is 6.00. The average Bonchev–Trinajstić information content (AvgIpc) is 2.96. The van der Waals surface area contributed by atoms with Crippen LogP contribution in [0, 0.1) is 0 Å². The molecular formula is C16H18ClN3O. The maximum atomic E-state index is 6.03. The van der Waals surface area contributed by atoms with Crippen molar-refractivity contribution in [3.63, 3.8) is 0 Å². The Morgan fingerprint density at radius 2 is 2.14 bits per heavy atom. The lowest BCUT2D eigenvalue weighted by Crippen LogP contribution is -2.04. The molecule has 0 fully saturated rings. The molecule has 0 amide bonds. The van der Waals surface area contributed by atoms with E-state index in [0.717, 1.165) is 48.7 Å². The van der Waals surface area contributed by atoms with Crippen LogP contribution in [0.2, 0.25) is 5.02 Å². The number of nitrogens with one attached hydrogen (secondary N) is 1. The van der Waals surface area contributed by atoms with Crippen LogP contribution in [0.3, 0.4) is 0 Å². The quantitative estimate of drug-likeness (QED) is 0.941. The number of aromatic nitrogens is 2. The van der Waals surface area contributed by atoms with E-state index in [0.29, 0.717) is 10.8 Å². The molecule has 0 aliphatic carbocycles. The first-order valence-electron chi connectivity index (χ1n) is 7.16. The maximum Gasteiger partial charge on any atom is 0.163 e. The van der Waals surface area contributed by atoms with Gasteiger partial charge in [-0.3, -0.25) is 0 Å². The van der Waals surface area contributed by atoms with E-state index in [4.69, 9.17) is 26.3 Å². The number of fused-ring (bicyclic) bond motifs is 1. The first-order valence-corrected chi connectivity index (χ1v) is 7.54. The van der Waals surface area contributed by atoms with E-state index in [1.54, 1.807) is 13.2 Å². The van der Waals surface area contributed by atoms with E-state index in [1.165, 1.54) is 5.56 Å². The molecule has 0 saturated carbocycles. The Kier molecular flexibility index (Phi) is 4.08. The van der Waals surface area contributed by atoms with Gasteiger partial charge in [-0.15, -0.1) is 0 Å². The molecule has 2 heterocycles. The molecular weight excluding hydrogens is 286 g/mol. The summed E-state index contributed by atoms with van der Waals surface area (Å²) < 4.78 is 5.42. The molecule has 1 aromatic carbocycles. The second-order valence-electron chi connectivity index (χ2n) is 5.12. The van der Waals surface area contributed by atoms with Crippen LogP contribution in [0.15, 0.2) is 18.2 Å². The topological polar surface area (TPSA) is 47.0 Å². The van der Waals surface area contributed by atoms with Crippen molar-refractivity contribution in [1.82, 2.24) is 15.3 Å². The molecule has 0 saturated heterocycles. The summed E-state index contributed by atoms with van der Waals surface area (Å²) in [5, 5.41) is 3.99. The van der Waals surface area contributed by atoms with Crippen molar-refractivity contribution >= 4 is 11.6 Å². The van der Waals surface area contributed by atoms with E-state index in [2.05, 4.69) is 12.2 Å². The van der Waals surface area contributed by atoms with Crippen LogP contribution in [0.25, 0.3) is 11.4 Å². The van der Waals surface area contributed by atoms with Crippen molar-refractivity contribution < 1.29 is 4.74 Å². The lowest BCUT2D eigenvalue weighted by atomic mass is 10.1. The number of methoxy groups -OCH3 is 1. The SMILES string of the molecule is CCCc1nc(-c2ccc(Cl)cc2OC)nc2c1CNC2. The molecule has 1 N–H and O–H groups in total. The fraction of sp³-hybridized carbons (Fsp3) is 0.375. The molecule has 0 atom stereocenters. The van der Waals surface area contributed by atoms with Crippen LogP contribution in [-0.4, -0.2) is 17.1 Å². The highest BCUT2D eigenvalue weighted by molar-refractivity contribution is 6.30. The number of halogens is 1. The normalized spacial score (nSPS) is 13.3. The minimum Gasteiger partial charge on any atom is -0.496 e. The van der Waals surface area contributed by atoms with E-state index in [9.17, 15) is 0 Å². The Bertz CT molecular complexity index is 673. The molecule has 1 aliphatic rings. The Balaban J connectivity index is 2.13. The van der Waals surface area contributed by atoms with Crippen molar-refractivity contribution in [1.29, 1.82) is 0 Å². The van der Waals surface area contributed by atoms with Crippen molar-refractivity contribution in [2.24, 2.45) is 0 Å². The maximum absolute atomic E-state index is 6.03. The largest absolute Gasteiger partial charge is 0.496 e. The van der Waals surface area contributed by atoms with Crippen LogP contribution in [0.4, 0.5) is 0 Å². The van der Waals surface area contributed by atoms with Gasteiger partial charge in [0.05, 0.1) is 18.4 Å². The molecule has 0 radical (unpaired) electrons. The Labute approximate surface area is 129 Å². The number of benzene rings is 1. The zero-order chi connectivity index (χ0) is 14.8. The lowest BCUT2D eigenvalue weighted by Gasteiger charge is -2.12. The smallest absolute Gasteiger partial charge is 0.163 e. The van der Waals surface area contributed by atoms with Gasteiger partial charge in [0.15, 0.2) is 5.82 Å². The van der Waals surface area contributed by atoms with Crippen LogP contribution in [-0.2, 0) is 19.5 Å². The minimum atomic E-state index is 0.646. The summed E-state index contributed by atoms with van der Waals surface area (Å²) in [6.07, 6.45) is 2.04. The Hall–Kier alpha value is -1.65. The van der Waals surface area contributed by atoms with Gasteiger partial charge in [0.2, 0.25) is 0 Å². The van der Waals surface area contributed by atoms with Crippen LogP contribution >= 0.6 is 11.6 Å². The highest BCUT2D eigenvalue weighted by Crippen LogP contribution is 2.32. The van der Waals surface area contributed by atoms with E-state index in [-0.39, 0.29) is 0 Å². The van der Waals surface area contributed by atoms with Crippen molar-refractivity contribution in [2.45, 2.75) is 32.9 Å². The Morgan fingerprint density at radius 3 is 2.90 bits per heavy atom. The average molecular weight is 304 g/mol. The zero-order valence-electron chi connectivity index (χ0n) is 12.2. The van der Waals surface area contributed by atoms with Gasteiger partial charge in [0, 0.05) is 29.4 Å². The number of rotatable bonds is 4. The van der Waals surface area contributed by atoms with Crippen molar-refractivity contribution in [3.05, 3.63) is 40.2 Å². The summed E-state index contributed by atoms with van der Waals surface area (Å²) in [6.45, 7) is 3.83. The fourth-order valence-corrected chi connectivity index (χ4v) is 2.81. The molecule has 4 nitrogen and oxygen atoms in total. The zero-order valence-corrected chi connectivity index (χ0v) is 13.0. The van der Waals surface area contributed by atoms with E-state index < -0.39 is 0 Å². The molecule has 0 bridgehead atoms. The predicted molar refractivity (Wildman–Crippen MR) is 83.6 cm³/mol. The second-order valence-corrected chi connectivity index (χ2v) is 5.55. The number of aryl methyl sites for hydroxylation is 1. The summed E-state index contributed by atoms with van der Waals surface area (Å²) in [5.74, 6) is 1.42. The van der Waals surface area contributed by atoms with Crippen LogP contribution < -0.4 is 10.1 Å². The molecule has 1 aliphatic heterocycles. The summed E-state index contributed by atoms with van der Waals surface area (Å²) >= 11 is 6.03. The summed E-state index contributed by atoms with van der Waals surface area (Å²) in [4.78, 5) is 9.48. The van der Waals surface area contributed by atoms with Gasteiger partial charge in [-0.1, -0.05) is 24.9 Å².